The SMILES string of the molecule is CCC(N)(CC)CNC(=O)CCc1ccncc1.Cl.Cl. The lowest BCUT2D eigenvalue weighted by Crippen LogP contribution is -2.49. The van der Waals surface area contributed by atoms with E-state index >= 15 is 0 Å². The van der Waals surface area contributed by atoms with Gasteiger partial charge in [0.05, 0.1) is 0 Å². The van der Waals surface area contributed by atoms with E-state index in [9.17, 15) is 4.79 Å². The van der Waals surface area contributed by atoms with Gasteiger partial charge in [-0.15, -0.1) is 24.8 Å². The predicted molar refractivity (Wildman–Crippen MR) is 87.6 cm³/mol. The van der Waals surface area contributed by atoms with Crippen molar-refractivity contribution < 1.29 is 4.79 Å². The van der Waals surface area contributed by atoms with Crippen molar-refractivity contribution in [2.45, 2.75) is 45.1 Å². The summed E-state index contributed by atoms with van der Waals surface area (Å²) >= 11 is 0. The molecule has 1 aromatic rings. The van der Waals surface area contributed by atoms with Gasteiger partial charge < -0.3 is 11.1 Å². The molecule has 6 heteroatoms. The highest BCUT2D eigenvalue weighted by atomic mass is 35.5. The first-order chi connectivity index (χ1) is 8.59. The van der Waals surface area contributed by atoms with Gasteiger partial charge in [-0.25, -0.2) is 0 Å². The zero-order valence-electron chi connectivity index (χ0n) is 12.1. The average molecular weight is 322 g/mol. The third-order valence-electron chi connectivity index (χ3n) is 3.44. The van der Waals surface area contributed by atoms with Crippen LogP contribution in [-0.4, -0.2) is 23.0 Å². The average Bonchev–Trinajstić information content (AvgIpc) is 2.43. The molecule has 116 valence electrons. The molecule has 0 aliphatic carbocycles. The van der Waals surface area contributed by atoms with Gasteiger partial charge >= 0.3 is 0 Å². The Bertz CT molecular complexity index is 370. The Kier molecular flexibility index (Phi) is 11.7. The Morgan fingerprint density at radius 3 is 2.30 bits per heavy atom. The molecular weight excluding hydrogens is 297 g/mol. The molecule has 1 amide bonds. The Morgan fingerprint density at radius 2 is 1.80 bits per heavy atom. The van der Waals surface area contributed by atoms with Gasteiger partial charge in [0.1, 0.15) is 0 Å². The quantitative estimate of drug-likeness (QED) is 0.810. The molecule has 20 heavy (non-hydrogen) atoms. The molecule has 0 saturated carbocycles. The smallest absolute Gasteiger partial charge is 0.220 e. The number of nitrogens with two attached hydrogens (primary N) is 1. The lowest BCUT2D eigenvalue weighted by molar-refractivity contribution is -0.121. The highest BCUT2D eigenvalue weighted by Gasteiger charge is 2.20. The summed E-state index contributed by atoms with van der Waals surface area (Å²) in [5.74, 6) is 0.0588. The van der Waals surface area contributed by atoms with E-state index in [1.165, 1.54) is 0 Å². The monoisotopic (exact) mass is 321 g/mol. The van der Waals surface area contributed by atoms with Crippen molar-refractivity contribution in [3.05, 3.63) is 30.1 Å². The van der Waals surface area contributed by atoms with E-state index in [1.807, 2.05) is 26.0 Å². The van der Waals surface area contributed by atoms with Crippen molar-refractivity contribution >= 4 is 30.7 Å². The summed E-state index contributed by atoms with van der Waals surface area (Å²) in [4.78, 5) is 15.7. The van der Waals surface area contributed by atoms with Crippen LogP contribution >= 0.6 is 24.8 Å². The molecule has 0 spiro atoms. The van der Waals surface area contributed by atoms with Crippen LogP contribution in [0.4, 0.5) is 0 Å². The second-order valence-electron chi connectivity index (χ2n) is 4.70. The minimum Gasteiger partial charge on any atom is -0.354 e. The van der Waals surface area contributed by atoms with Crippen LogP contribution in [0.5, 0.6) is 0 Å². The molecule has 0 radical (unpaired) electrons. The lowest BCUT2D eigenvalue weighted by Gasteiger charge is -2.26. The van der Waals surface area contributed by atoms with E-state index in [4.69, 9.17) is 5.73 Å². The van der Waals surface area contributed by atoms with E-state index in [-0.39, 0.29) is 36.3 Å². The van der Waals surface area contributed by atoms with Gasteiger partial charge in [-0.05, 0) is 37.0 Å². The van der Waals surface area contributed by atoms with Gasteiger partial charge in [-0.2, -0.15) is 0 Å². The zero-order chi connectivity index (χ0) is 13.4. The first-order valence-electron chi connectivity index (χ1n) is 6.54. The number of nitrogens with zero attached hydrogens (tertiary/aromatic N) is 1. The molecule has 0 bridgehead atoms. The van der Waals surface area contributed by atoms with Gasteiger partial charge in [-0.3, -0.25) is 9.78 Å². The summed E-state index contributed by atoms with van der Waals surface area (Å²) in [5.41, 5.74) is 6.99. The number of aryl methyl sites for hydroxylation is 1. The highest BCUT2D eigenvalue weighted by Crippen LogP contribution is 2.09. The topological polar surface area (TPSA) is 68.0 Å². The summed E-state index contributed by atoms with van der Waals surface area (Å²) in [6.45, 7) is 4.65. The van der Waals surface area contributed by atoms with Gasteiger partial charge in [0.2, 0.25) is 5.91 Å². The van der Waals surface area contributed by atoms with Crippen LogP contribution in [0.25, 0.3) is 0 Å². The van der Waals surface area contributed by atoms with Crippen molar-refractivity contribution in [2.24, 2.45) is 5.73 Å². The van der Waals surface area contributed by atoms with Crippen molar-refractivity contribution in [1.82, 2.24) is 10.3 Å². The highest BCUT2D eigenvalue weighted by molar-refractivity contribution is 5.85. The summed E-state index contributed by atoms with van der Waals surface area (Å²) in [7, 11) is 0. The number of hydrogen-bond acceptors (Lipinski definition) is 3. The molecule has 1 aromatic heterocycles. The normalized spacial score (nSPS) is 10.2. The molecule has 1 heterocycles. The summed E-state index contributed by atoms with van der Waals surface area (Å²) < 4.78 is 0. The lowest BCUT2D eigenvalue weighted by atomic mass is 9.94. The first kappa shape index (κ1) is 21.5. The Labute approximate surface area is 133 Å². The molecule has 0 aromatic carbocycles. The molecule has 0 atom stereocenters. The van der Waals surface area contributed by atoms with E-state index in [1.54, 1.807) is 12.4 Å². The fraction of sp³-hybridized carbons (Fsp3) is 0.571. The van der Waals surface area contributed by atoms with Gasteiger partial charge in [0, 0.05) is 30.9 Å². The van der Waals surface area contributed by atoms with Crippen LogP contribution in [0, 0.1) is 0 Å². The van der Waals surface area contributed by atoms with E-state index in [0.29, 0.717) is 13.0 Å². The molecule has 0 unspecified atom stereocenters. The summed E-state index contributed by atoms with van der Waals surface area (Å²) in [6, 6.07) is 3.86. The van der Waals surface area contributed by atoms with Gasteiger partial charge in [0.25, 0.3) is 0 Å². The maximum absolute atomic E-state index is 11.7. The number of carbonyl (C=O) groups excluding carboxylic acids is 1. The maximum atomic E-state index is 11.7. The number of carbonyl (C=O) groups is 1. The van der Waals surface area contributed by atoms with Crippen LogP contribution in [0.3, 0.4) is 0 Å². The first-order valence-corrected chi connectivity index (χ1v) is 6.54. The Balaban J connectivity index is 0. The second-order valence-corrected chi connectivity index (χ2v) is 4.70. The van der Waals surface area contributed by atoms with Crippen molar-refractivity contribution in [3.63, 3.8) is 0 Å². The number of pyridine rings is 1. The van der Waals surface area contributed by atoms with E-state index in [0.717, 1.165) is 24.8 Å². The molecule has 0 aliphatic heterocycles. The number of halogens is 2. The van der Waals surface area contributed by atoms with Crippen molar-refractivity contribution in [2.75, 3.05) is 6.54 Å². The molecule has 0 aliphatic rings. The minimum atomic E-state index is -0.272. The van der Waals surface area contributed by atoms with Crippen LogP contribution in [-0.2, 0) is 11.2 Å². The van der Waals surface area contributed by atoms with Gasteiger partial charge in [-0.1, -0.05) is 13.8 Å². The number of nitrogens with one attached hydrogen (secondary N) is 1. The summed E-state index contributed by atoms with van der Waals surface area (Å²) in [5, 5.41) is 2.92. The number of aromatic nitrogens is 1. The number of rotatable bonds is 7. The molecule has 3 N–H and O–H groups in total. The van der Waals surface area contributed by atoms with Crippen molar-refractivity contribution in [3.8, 4) is 0 Å². The fourth-order valence-electron chi connectivity index (χ4n) is 1.67. The summed E-state index contributed by atoms with van der Waals surface area (Å²) in [6.07, 6.45) is 6.46. The molecule has 0 saturated heterocycles. The standard InChI is InChI=1S/C14H23N3O.2ClH/c1-3-14(15,4-2)11-17-13(18)6-5-12-7-9-16-10-8-12;;/h7-10H,3-6,11,15H2,1-2H3,(H,17,18);2*1H. The van der Waals surface area contributed by atoms with Gasteiger partial charge in [0.15, 0.2) is 0 Å². The molecule has 4 nitrogen and oxygen atoms in total. The Hall–Kier alpha value is -0.840. The molecule has 1 rings (SSSR count). The number of hydrogen-bond donors (Lipinski definition) is 2. The zero-order valence-corrected chi connectivity index (χ0v) is 13.7. The van der Waals surface area contributed by atoms with Crippen LogP contribution in [0.2, 0.25) is 0 Å². The van der Waals surface area contributed by atoms with Crippen molar-refractivity contribution in [1.29, 1.82) is 0 Å². The van der Waals surface area contributed by atoms with Crippen LogP contribution < -0.4 is 11.1 Å². The molecule has 0 fully saturated rings. The van der Waals surface area contributed by atoms with E-state index in [2.05, 4.69) is 10.3 Å². The Morgan fingerprint density at radius 1 is 1.25 bits per heavy atom. The minimum absolute atomic E-state index is 0. The fourth-order valence-corrected chi connectivity index (χ4v) is 1.67. The maximum Gasteiger partial charge on any atom is 0.220 e. The third kappa shape index (κ3) is 7.68. The van der Waals surface area contributed by atoms with E-state index < -0.39 is 0 Å². The molecular formula is C14H25Cl2N3O. The largest absolute Gasteiger partial charge is 0.354 e. The number of amides is 1. The van der Waals surface area contributed by atoms with Crippen LogP contribution in [0.1, 0.15) is 38.7 Å². The van der Waals surface area contributed by atoms with Crippen LogP contribution in [0.15, 0.2) is 24.5 Å². The second kappa shape index (κ2) is 10.9. The third-order valence-corrected chi connectivity index (χ3v) is 3.44. The predicted octanol–water partition coefficient (Wildman–Crippen LogP) is 2.49.